The normalized spacial score (nSPS) is 14.6. The molecule has 2 amide bonds. The van der Waals surface area contributed by atoms with Crippen molar-refractivity contribution in [3.05, 3.63) is 18.2 Å². The fourth-order valence-corrected chi connectivity index (χ4v) is 2.56. The molecule has 0 atom stereocenters. The van der Waals surface area contributed by atoms with Crippen LogP contribution in [0.5, 0.6) is 0 Å². The van der Waals surface area contributed by atoms with E-state index in [0.717, 1.165) is 15.5 Å². The molecule has 0 saturated heterocycles. The second kappa shape index (κ2) is 4.35. The van der Waals surface area contributed by atoms with Crippen molar-refractivity contribution in [1.82, 2.24) is 0 Å². The summed E-state index contributed by atoms with van der Waals surface area (Å²) in [6, 6.07) is 5.49. The molecular weight excluding hydrogens is 248 g/mol. The Balaban J connectivity index is 2.52. The Bertz CT molecular complexity index is 464. The van der Waals surface area contributed by atoms with Crippen molar-refractivity contribution in [3.8, 4) is 0 Å². The molecule has 1 aliphatic rings. The van der Waals surface area contributed by atoms with Gasteiger partial charge in [-0.2, -0.15) is 0 Å². The van der Waals surface area contributed by atoms with Crippen LogP contribution >= 0.6 is 23.4 Å². The molecule has 84 valence electrons. The van der Waals surface area contributed by atoms with Crippen molar-refractivity contribution in [2.24, 2.45) is 0 Å². The lowest BCUT2D eigenvalue weighted by Crippen LogP contribution is -2.37. The average molecular weight is 257 g/mol. The first-order valence-electron chi connectivity index (χ1n) is 4.60. The van der Waals surface area contributed by atoms with E-state index in [1.165, 1.54) is 11.8 Å². The van der Waals surface area contributed by atoms with E-state index in [4.69, 9.17) is 11.6 Å². The molecule has 1 heterocycles. The predicted octanol–water partition coefficient (Wildman–Crippen LogP) is 2.53. The van der Waals surface area contributed by atoms with Gasteiger partial charge in [-0.3, -0.25) is 9.59 Å². The van der Waals surface area contributed by atoms with Gasteiger partial charge in [-0.15, -0.1) is 11.8 Å². The standard InChI is InChI=1S/C10H9ClN2O2S/c1-12-6-2-3-8-7(4-6)13(10(11)15)9(14)5-16-8/h2-4,12H,5H2,1H3. The van der Waals surface area contributed by atoms with Crippen LogP contribution in [0.1, 0.15) is 0 Å². The minimum absolute atomic E-state index is 0.240. The first-order valence-corrected chi connectivity index (χ1v) is 5.97. The van der Waals surface area contributed by atoms with E-state index in [-0.39, 0.29) is 11.7 Å². The van der Waals surface area contributed by atoms with Crippen molar-refractivity contribution < 1.29 is 9.59 Å². The molecule has 0 aliphatic carbocycles. The zero-order valence-electron chi connectivity index (χ0n) is 8.49. The number of carbonyl (C=O) groups is 2. The molecule has 1 aromatic carbocycles. The van der Waals surface area contributed by atoms with Gasteiger partial charge in [-0.25, -0.2) is 4.90 Å². The number of hydrogen-bond acceptors (Lipinski definition) is 4. The topological polar surface area (TPSA) is 49.4 Å². The number of fused-ring (bicyclic) bond motifs is 1. The van der Waals surface area contributed by atoms with E-state index in [1.807, 2.05) is 12.1 Å². The van der Waals surface area contributed by atoms with Gasteiger partial charge in [0.2, 0.25) is 5.91 Å². The fraction of sp³-hybridized carbons (Fsp3) is 0.200. The lowest BCUT2D eigenvalue weighted by molar-refractivity contribution is -0.115. The van der Waals surface area contributed by atoms with Crippen LogP contribution in [0.15, 0.2) is 23.1 Å². The van der Waals surface area contributed by atoms with Gasteiger partial charge < -0.3 is 5.32 Å². The third-order valence-electron chi connectivity index (χ3n) is 2.26. The summed E-state index contributed by atoms with van der Waals surface area (Å²) >= 11 is 6.82. The molecule has 0 bridgehead atoms. The largest absolute Gasteiger partial charge is 0.388 e. The first kappa shape index (κ1) is 11.3. The maximum absolute atomic E-state index is 11.6. The number of thioether (sulfide) groups is 1. The van der Waals surface area contributed by atoms with Crippen molar-refractivity contribution >= 4 is 46.0 Å². The molecule has 0 unspecified atom stereocenters. The van der Waals surface area contributed by atoms with Crippen molar-refractivity contribution in [2.75, 3.05) is 23.0 Å². The Morgan fingerprint density at radius 3 is 2.94 bits per heavy atom. The summed E-state index contributed by atoms with van der Waals surface area (Å²) in [6.45, 7) is 0. The lowest BCUT2D eigenvalue weighted by Gasteiger charge is -2.25. The van der Waals surface area contributed by atoms with Crippen LogP contribution in [0, 0.1) is 0 Å². The Hall–Kier alpha value is -1.20. The molecule has 0 fully saturated rings. The molecule has 1 aromatic rings. The first-order chi connectivity index (χ1) is 7.63. The van der Waals surface area contributed by atoms with E-state index in [2.05, 4.69) is 5.32 Å². The van der Waals surface area contributed by atoms with Crippen molar-refractivity contribution in [3.63, 3.8) is 0 Å². The number of nitrogens with one attached hydrogen (secondary N) is 1. The number of rotatable bonds is 1. The molecule has 4 nitrogen and oxygen atoms in total. The monoisotopic (exact) mass is 256 g/mol. The van der Waals surface area contributed by atoms with Gasteiger partial charge in [-0.1, -0.05) is 0 Å². The van der Waals surface area contributed by atoms with Crippen LogP contribution < -0.4 is 10.2 Å². The highest BCUT2D eigenvalue weighted by Gasteiger charge is 2.29. The maximum Gasteiger partial charge on any atom is 0.327 e. The Morgan fingerprint density at radius 2 is 2.31 bits per heavy atom. The molecule has 2 rings (SSSR count). The zero-order valence-corrected chi connectivity index (χ0v) is 10.1. The van der Waals surface area contributed by atoms with Gasteiger partial charge in [0.25, 0.3) is 0 Å². The second-order valence-corrected chi connectivity index (χ2v) is 4.54. The van der Waals surface area contributed by atoms with E-state index >= 15 is 0 Å². The van der Waals surface area contributed by atoms with Gasteiger partial charge in [-0.05, 0) is 29.8 Å². The van der Waals surface area contributed by atoms with Crippen LogP contribution in [0.2, 0.25) is 0 Å². The predicted molar refractivity (Wildman–Crippen MR) is 65.4 cm³/mol. The van der Waals surface area contributed by atoms with Crippen LogP contribution in [0.3, 0.4) is 0 Å². The number of benzene rings is 1. The van der Waals surface area contributed by atoms with Crippen LogP contribution in [0.25, 0.3) is 0 Å². The number of halogens is 1. The molecule has 0 spiro atoms. The third-order valence-corrected chi connectivity index (χ3v) is 3.48. The maximum atomic E-state index is 11.6. The highest BCUT2D eigenvalue weighted by Crippen LogP contribution is 2.37. The summed E-state index contributed by atoms with van der Waals surface area (Å²) in [5, 5.41) is 2.19. The Labute approximate surface area is 102 Å². The van der Waals surface area contributed by atoms with Crippen LogP contribution in [-0.4, -0.2) is 24.1 Å². The molecule has 1 N–H and O–H groups in total. The number of anilines is 2. The quantitative estimate of drug-likeness (QED) is 0.620. The summed E-state index contributed by atoms with van der Waals surface area (Å²) in [4.78, 5) is 24.7. The molecule has 0 saturated carbocycles. The average Bonchev–Trinajstić information content (AvgIpc) is 2.27. The Kier molecular flexibility index (Phi) is 3.07. The zero-order chi connectivity index (χ0) is 11.7. The van der Waals surface area contributed by atoms with E-state index in [1.54, 1.807) is 13.1 Å². The number of nitrogens with zero attached hydrogens (tertiary/aromatic N) is 1. The van der Waals surface area contributed by atoms with Gasteiger partial charge in [0.1, 0.15) is 0 Å². The SMILES string of the molecule is CNc1ccc2c(c1)N(C(=O)Cl)C(=O)CS2. The summed E-state index contributed by atoms with van der Waals surface area (Å²) in [7, 11) is 1.77. The van der Waals surface area contributed by atoms with Crippen molar-refractivity contribution in [2.45, 2.75) is 4.90 Å². The summed E-state index contributed by atoms with van der Waals surface area (Å²) < 4.78 is 0. The minimum atomic E-state index is -0.764. The molecule has 1 aliphatic heterocycles. The summed E-state index contributed by atoms with van der Waals surface area (Å²) in [5.74, 6) is -0.0459. The molecule has 0 aromatic heterocycles. The smallest absolute Gasteiger partial charge is 0.327 e. The Morgan fingerprint density at radius 1 is 1.56 bits per heavy atom. The van der Waals surface area contributed by atoms with Crippen LogP contribution in [0.4, 0.5) is 16.2 Å². The second-order valence-electron chi connectivity index (χ2n) is 3.20. The van der Waals surface area contributed by atoms with E-state index in [9.17, 15) is 9.59 Å². The minimum Gasteiger partial charge on any atom is -0.388 e. The fourth-order valence-electron chi connectivity index (χ4n) is 1.50. The third kappa shape index (κ3) is 1.88. The molecule has 0 radical (unpaired) electrons. The van der Waals surface area contributed by atoms with Gasteiger partial charge >= 0.3 is 5.37 Å². The number of amides is 2. The van der Waals surface area contributed by atoms with E-state index < -0.39 is 5.37 Å². The molecular formula is C10H9ClN2O2S. The lowest BCUT2D eigenvalue weighted by atomic mass is 10.2. The summed E-state index contributed by atoms with van der Waals surface area (Å²) in [5.41, 5.74) is 1.38. The number of carbonyl (C=O) groups excluding carboxylic acids is 2. The summed E-state index contributed by atoms with van der Waals surface area (Å²) in [6.07, 6.45) is 0. The van der Waals surface area contributed by atoms with E-state index in [0.29, 0.717) is 5.69 Å². The van der Waals surface area contributed by atoms with Crippen LogP contribution in [-0.2, 0) is 4.79 Å². The number of imide groups is 1. The highest BCUT2D eigenvalue weighted by molar-refractivity contribution is 8.00. The number of hydrogen-bond donors (Lipinski definition) is 1. The highest BCUT2D eigenvalue weighted by atomic mass is 35.5. The van der Waals surface area contributed by atoms with Gasteiger partial charge in [0.15, 0.2) is 0 Å². The molecule has 16 heavy (non-hydrogen) atoms. The van der Waals surface area contributed by atoms with Gasteiger partial charge in [0, 0.05) is 17.6 Å². The van der Waals surface area contributed by atoms with Crippen molar-refractivity contribution in [1.29, 1.82) is 0 Å². The molecule has 6 heteroatoms. The van der Waals surface area contributed by atoms with Gasteiger partial charge in [0.05, 0.1) is 11.4 Å².